The molecule has 21 heavy (non-hydrogen) atoms. The van der Waals surface area contributed by atoms with Crippen LogP contribution in [0.1, 0.15) is 25.1 Å². The van der Waals surface area contributed by atoms with Crippen molar-refractivity contribution in [1.29, 1.82) is 0 Å². The molecule has 1 rings (SSSR count). The maximum absolute atomic E-state index is 12.5. The van der Waals surface area contributed by atoms with Crippen LogP contribution < -0.4 is 10.0 Å². The Morgan fingerprint density at radius 3 is 2.48 bits per heavy atom. The average molecular weight is 339 g/mol. The Labute approximate surface area is 127 Å². The molecule has 1 atom stereocenters. The van der Waals surface area contributed by atoms with Crippen molar-refractivity contribution in [2.75, 3.05) is 12.8 Å². The molecule has 9 heteroatoms. The summed E-state index contributed by atoms with van der Waals surface area (Å²) < 4.78 is 52.5. The largest absolute Gasteiger partial charge is 0.433 e. The van der Waals surface area contributed by atoms with E-state index in [4.69, 9.17) is 12.2 Å². The van der Waals surface area contributed by atoms with Gasteiger partial charge in [0.1, 0.15) is 5.69 Å². The summed E-state index contributed by atoms with van der Waals surface area (Å²) in [6.07, 6.45) is -2.01. The van der Waals surface area contributed by atoms with Crippen molar-refractivity contribution in [3.63, 3.8) is 0 Å². The Balaban J connectivity index is 3.11. The van der Waals surface area contributed by atoms with Crippen molar-refractivity contribution >= 4 is 31.9 Å². The second-order valence-electron chi connectivity index (χ2n) is 4.29. The number of hydrogen-bond acceptors (Lipinski definition) is 3. The summed E-state index contributed by atoms with van der Waals surface area (Å²) in [6, 6.07) is 2.10. The summed E-state index contributed by atoms with van der Waals surface area (Å²) in [4.78, 5) is 3.73. The Morgan fingerprint density at radius 1 is 1.43 bits per heavy atom. The van der Waals surface area contributed by atoms with Gasteiger partial charge in [-0.3, -0.25) is 9.71 Å². The van der Waals surface area contributed by atoms with E-state index in [-0.39, 0.29) is 5.11 Å². The monoisotopic (exact) mass is 339 g/mol. The molecule has 1 heterocycles. The number of alkyl halides is 3. The summed E-state index contributed by atoms with van der Waals surface area (Å²) in [7, 11) is -2.69. The molecule has 0 aromatic carbocycles. The lowest BCUT2D eigenvalue weighted by Crippen LogP contribution is -2.40. The fraction of sp³-hybridized carbons (Fsp3) is 0.417. The van der Waals surface area contributed by atoms with Gasteiger partial charge in [-0.1, -0.05) is 6.07 Å². The van der Waals surface area contributed by atoms with E-state index in [1.54, 1.807) is 6.92 Å². The van der Waals surface area contributed by atoms with Crippen LogP contribution in [0, 0.1) is 0 Å². The number of nitrogens with zero attached hydrogens (tertiary/aromatic N) is 1. The normalized spacial score (nSPS) is 14.2. The minimum absolute atomic E-state index is 0.226. The lowest BCUT2D eigenvalue weighted by atomic mass is 10.2. The first kappa shape index (κ1) is 17.7. The number of hydrogen-bond donors (Lipinski definition) is 2. The molecule has 4 nitrogen and oxygen atoms in total. The Bertz CT molecular complexity index is 632. The molecule has 0 aliphatic heterocycles. The minimum Gasteiger partial charge on any atom is -0.362 e. The third-order valence-corrected chi connectivity index (χ3v) is 5.04. The first-order chi connectivity index (χ1) is 9.58. The number of pyridine rings is 1. The number of aromatic nitrogens is 1. The molecule has 2 N–H and O–H groups in total. The van der Waals surface area contributed by atoms with Crippen LogP contribution in [-0.2, 0) is 15.9 Å². The number of thiocarbonyl (C=S) groups is 1. The SMILES string of the molecule is CCNC(=S)NS(C)(=O)=C(C)c1ccc(C(F)(F)F)nc1. The van der Waals surface area contributed by atoms with E-state index in [2.05, 4.69) is 15.0 Å². The van der Waals surface area contributed by atoms with Crippen molar-refractivity contribution in [2.45, 2.75) is 20.0 Å². The van der Waals surface area contributed by atoms with Crippen LogP contribution in [-0.4, -0.2) is 32.0 Å². The van der Waals surface area contributed by atoms with Gasteiger partial charge in [0, 0.05) is 29.4 Å². The van der Waals surface area contributed by atoms with E-state index in [0.717, 1.165) is 12.3 Å². The molecular weight excluding hydrogens is 323 g/mol. The molecular formula is C12H16F3N3OS2. The summed E-state index contributed by atoms with van der Waals surface area (Å²) >= 11 is 4.96. The van der Waals surface area contributed by atoms with E-state index < -0.39 is 21.6 Å². The van der Waals surface area contributed by atoms with Crippen LogP contribution >= 0.6 is 12.2 Å². The molecule has 1 aromatic rings. The molecule has 1 unspecified atom stereocenters. The van der Waals surface area contributed by atoms with Gasteiger partial charge in [-0.2, -0.15) is 13.2 Å². The lowest BCUT2D eigenvalue weighted by Gasteiger charge is -2.15. The maximum atomic E-state index is 12.5. The molecule has 0 aliphatic rings. The van der Waals surface area contributed by atoms with Gasteiger partial charge >= 0.3 is 6.18 Å². The first-order valence-electron chi connectivity index (χ1n) is 6.00. The van der Waals surface area contributed by atoms with Crippen LogP contribution in [0.15, 0.2) is 18.3 Å². The summed E-state index contributed by atoms with van der Waals surface area (Å²) in [5.74, 6) is 0. The third kappa shape index (κ3) is 4.85. The van der Waals surface area contributed by atoms with E-state index in [9.17, 15) is 17.4 Å². The van der Waals surface area contributed by atoms with E-state index in [0.29, 0.717) is 17.0 Å². The second kappa shape index (κ2) is 6.61. The summed E-state index contributed by atoms with van der Waals surface area (Å²) in [6.45, 7) is 3.97. The quantitative estimate of drug-likeness (QED) is 0.653. The molecule has 118 valence electrons. The van der Waals surface area contributed by atoms with Gasteiger partial charge in [0.15, 0.2) is 5.11 Å². The molecule has 1 aromatic heterocycles. The van der Waals surface area contributed by atoms with Gasteiger partial charge < -0.3 is 5.32 Å². The zero-order chi connectivity index (χ0) is 16.3. The highest BCUT2D eigenvalue weighted by Gasteiger charge is 2.32. The highest BCUT2D eigenvalue weighted by Crippen LogP contribution is 2.27. The van der Waals surface area contributed by atoms with Gasteiger partial charge in [0.2, 0.25) is 0 Å². The minimum atomic E-state index is -4.50. The van der Waals surface area contributed by atoms with Gasteiger partial charge in [-0.15, -0.1) is 0 Å². The number of rotatable bonds is 3. The van der Waals surface area contributed by atoms with E-state index in [1.807, 2.05) is 6.92 Å². The molecule has 0 aliphatic carbocycles. The van der Waals surface area contributed by atoms with Gasteiger partial charge in [0.05, 0.1) is 9.71 Å². The predicted octanol–water partition coefficient (Wildman–Crippen LogP) is 1.95. The predicted molar refractivity (Wildman–Crippen MR) is 82.5 cm³/mol. The van der Waals surface area contributed by atoms with Gasteiger partial charge in [0.25, 0.3) is 0 Å². The van der Waals surface area contributed by atoms with Crippen LogP contribution in [0.3, 0.4) is 0 Å². The van der Waals surface area contributed by atoms with Crippen molar-refractivity contribution in [3.8, 4) is 0 Å². The Hall–Kier alpha value is -1.35. The van der Waals surface area contributed by atoms with Crippen LogP contribution in [0.2, 0.25) is 0 Å². The van der Waals surface area contributed by atoms with E-state index >= 15 is 0 Å². The summed E-state index contributed by atoms with van der Waals surface area (Å²) in [5, 5.41) is 3.03. The zero-order valence-corrected chi connectivity index (χ0v) is 13.4. The number of halogens is 3. The Morgan fingerprint density at radius 2 is 2.05 bits per heavy atom. The molecule has 0 saturated heterocycles. The molecule has 0 saturated carbocycles. The topological polar surface area (TPSA) is 54.0 Å². The molecule has 0 amide bonds. The van der Waals surface area contributed by atoms with E-state index in [1.165, 1.54) is 12.3 Å². The standard InChI is InChI=1S/C12H16F3N3OS2/c1-4-16-11(20)18-21(3,19)8(2)9-5-6-10(17-7-9)12(13,14)15/h5-7H,4H2,1-3H3,(H2,16,18,19,20). The highest BCUT2D eigenvalue weighted by atomic mass is 32.2. The van der Waals surface area contributed by atoms with Crippen molar-refractivity contribution in [3.05, 3.63) is 29.6 Å². The molecule has 0 radical (unpaired) electrons. The molecule has 0 bridgehead atoms. The van der Waals surface area contributed by atoms with Crippen molar-refractivity contribution in [2.24, 2.45) is 0 Å². The first-order valence-corrected chi connectivity index (χ1v) is 8.37. The van der Waals surface area contributed by atoms with Crippen LogP contribution in [0.4, 0.5) is 13.2 Å². The fourth-order valence-corrected chi connectivity index (χ4v) is 3.22. The lowest BCUT2D eigenvalue weighted by molar-refractivity contribution is -0.141. The van der Waals surface area contributed by atoms with Gasteiger partial charge in [-0.25, -0.2) is 4.21 Å². The maximum Gasteiger partial charge on any atom is 0.433 e. The third-order valence-electron chi connectivity index (χ3n) is 2.67. The average Bonchev–Trinajstić information content (AvgIpc) is 2.36. The van der Waals surface area contributed by atoms with Crippen molar-refractivity contribution < 1.29 is 17.4 Å². The summed E-state index contributed by atoms with van der Waals surface area (Å²) in [5.41, 5.74) is -0.625. The molecule has 0 spiro atoms. The zero-order valence-electron chi connectivity index (χ0n) is 11.7. The highest BCUT2D eigenvalue weighted by molar-refractivity contribution is 8.01. The van der Waals surface area contributed by atoms with Crippen LogP contribution in [0.5, 0.6) is 0 Å². The molecule has 0 fully saturated rings. The van der Waals surface area contributed by atoms with Crippen LogP contribution in [0.25, 0.3) is 0 Å². The smallest absolute Gasteiger partial charge is 0.362 e. The van der Waals surface area contributed by atoms with Crippen molar-refractivity contribution in [1.82, 2.24) is 15.0 Å². The second-order valence-corrected chi connectivity index (χ2v) is 7.20. The fourth-order valence-electron chi connectivity index (χ4n) is 1.44. The van der Waals surface area contributed by atoms with Gasteiger partial charge in [-0.05, 0) is 32.1 Å². The number of nitrogens with one attached hydrogen (secondary N) is 2. The Kier molecular flexibility index (Phi) is 5.57.